The molecule has 34 heavy (non-hydrogen) atoms. The van der Waals surface area contributed by atoms with Gasteiger partial charge in [-0.05, 0) is 26.7 Å². The molecule has 0 heterocycles. The van der Waals surface area contributed by atoms with Crippen LogP contribution in [0.25, 0.3) is 0 Å². The Hall–Kier alpha value is -1.58. The van der Waals surface area contributed by atoms with E-state index in [1.165, 1.54) is 89.9 Å². The number of esters is 2. The van der Waals surface area contributed by atoms with Crippen LogP contribution in [0, 0.1) is 0 Å². The summed E-state index contributed by atoms with van der Waals surface area (Å²) < 4.78 is 10.7. The molecule has 0 saturated carbocycles. The summed E-state index contributed by atoms with van der Waals surface area (Å²) in [6.07, 6.45) is 25.6. The van der Waals surface area contributed by atoms with Crippen LogP contribution in [0.15, 0.2) is 23.3 Å². The van der Waals surface area contributed by atoms with E-state index in [1.807, 2.05) is 0 Å². The zero-order valence-electron chi connectivity index (χ0n) is 22.9. The Morgan fingerprint density at radius 2 is 0.735 bits per heavy atom. The zero-order valence-corrected chi connectivity index (χ0v) is 22.9. The lowest BCUT2D eigenvalue weighted by molar-refractivity contribution is -0.140. The van der Waals surface area contributed by atoms with E-state index in [0.717, 1.165) is 25.7 Å². The van der Waals surface area contributed by atoms with Crippen molar-refractivity contribution in [2.75, 3.05) is 13.2 Å². The fraction of sp³-hybridized carbons (Fsp3) is 0.800. The Bertz CT molecular complexity index is 562. The van der Waals surface area contributed by atoms with Gasteiger partial charge in [0.05, 0.1) is 13.2 Å². The van der Waals surface area contributed by atoms with Crippen molar-refractivity contribution in [1.29, 1.82) is 0 Å². The van der Waals surface area contributed by atoms with Gasteiger partial charge in [-0.25, -0.2) is 9.59 Å². The molecule has 4 nitrogen and oxygen atoms in total. The molecule has 0 atom stereocenters. The van der Waals surface area contributed by atoms with Crippen LogP contribution in [0.4, 0.5) is 0 Å². The molecule has 0 radical (unpaired) electrons. The van der Waals surface area contributed by atoms with Gasteiger partial charge in [-0.3, -0.25) is 0 Å². The third-order valence-corrected chi connectivity index (χ3v) is 6.19. The van der Waals surface area contributed by atoms with Crippen molar-refractivity contribution in [1.82, 2.24) is 0 Å². The molecule has 0 amide bonds. The van der Waals surface area contributed by atoms with Crippen molar-refractivity contribution in [3.05, 3.63) is 23.3 Å². The van der Waals surface area contributed by atoms with Crippen molar-refractivity contribution in [2.45, 2.75) is 143 Å². The number of unbranched alkanes of at least 4 members (excludes halogenated alkanes) is 16. The summed E-state index contributed by atoms with van der Waals surface area (Å²) in [4.78, 5) is 24.2. The average Bonchev–Trinajstić information content (AvgIpc) is 2.84. The van der Waals surface area contributed by atoms with Gasteiger partial charge in [0.1, 0.15) is 0 Å². The minimum atomic E-state index is -0.314. The molecule has 0 aliphatic heterocycles. The van der Waals surface area contributed by atoms with Gasteiger partial charge in [0.15, 0.2) is 0 Å². The predicted octanol–water partition coefficient (Wildman–Crippen LogP) is 9.03. The molecule has 4 heteroatoms. The number of allylic oxidation sites excluding steroid dienone is 2. The van der Waals surface area contributed by atoms with Crippen LogP contribution in [0.5, 0.6) is 0 Å². The van der Waals surface area contributed by atoms with Crippen molar-refractivity contribution < 1.29 is 19.1 Å². The lowest BCUT2D eigenvalue weighted by Crippen LogP contribution is -2.08. The van der Waals surface area contributed by atoms with Gasteiger partial charge in [0.25, 0.3) is 0 Å². The summed E-state index contributed by atoms with van der Waals surface area (Å²) in [5, 5.41) is 0. The SMILES string of the molecule is CCCCCCCCCCCCOC(=O)/C(C)=C/C=C(\C)C(=O)OCCCCCCCCCC. The second-order valence-corrected chi connectivity index (χ2v) is 9.63. The minimum absolute atomic E-state index is 0.313. The molecule has 0 unspecified atom stereocenters. The molecule has 0 aliphatic carbocycles. The number of rotatable bonds is 23. The number of hydrogen-bond donors (Lipinski definition) is 0. The average molecular weight is 479 g/mol. The van der Waals surface area contributed by atoms with Gasteiger partial charge in [0, 0.05) is 11.1 Å². The molecule has 0 aromatic carbocycles. The maximum Gasteiger partial charge on any atom is 0.333 e. The van der Waals surface area contributed by atoms with E-state index in [4.69, 9.17) is 9.47 Å². The Morgan fingerprint density at radius 1 is 0.471 bits per heavy atom. The van der Waals surface area contributed by atoms with E-state index < -0.39 is 0 Å². The molecule has 0 rings (SSSR count). The van der Waals surface area contributed by atoms with Crippen LogP contribution in [-0.2, 0) is 19.1 Å². The maximum atomic E-state index is 12.1. The first-order valence-corrected chi connectivity index (χ1v) is 14.2. The highest BCUT2D eigenvalue weighted by molar-refractivity contribution is 5.90. The summed E-state index contributed by atoms with van der Waals surface area (Å²) in [6.45, 7) is 8.84. The predicted molar refractivity (Wildman–Crippen MR) is 144 cm³/mol. The molecule has 198 valence electrons. The zero-order chi connectivity index (χ0) is 25.3. The molecule has 0 aliphatic rings. The Labute approximate surface area is 210 Å². The fourth-order valence-corrected chi connectivity index (χ4v) is 3.77. The Kier molecular flexibility index (Phi) is 23.4. The summed E-state index contributed by atoms with van der Waals surface area (Å²) in [7, 11) is 0. The first-order valence-electron chi connectivity index (χ1n) is 14.2. The smallest absolute Gasteiger partial charge is 0.333 e. The topological polar surface area (TPSA) is 52.6 Å². The van der Waals surface area contributed by atoms with Gasteiger partial charge in [-0.15, -0.1) is 0 Å². The van der Waals surface area contributed by atoms with Crippen molar-refractivity contribution in [3.8, 4) is 0 Å². The van der Waals surface area contributed by atoms with Crippen LogP contribution < -0.4 is 0 Å². The lowest BCUT2D eigenvalue weighted by atomic mass is 10.1. The minimum Gasteiger partial charge on any atom is -0.462 e. The van der Waals surface area contributed by atoms with Crippen molar-refractivity contribution in [3.63, 3.8) is 0 Å². The summed E-state index contributed by atoms with van der Waals surface area (Å²) >= 11 is 0. The first-order chi connectivity index (χ1) is 16.5. The van der Waals surface area contributed by atoms with Gasteiger partial charge in [0.2, 0.25) is 0 Å². The standard InChI is InChI=1S/C30H54O4/c1-5-7-9-11-13-15-16-18-20-22-26-34-30(32)28(4)24-23-27(3)29(31)33-25-21-19-17-14-12-10-8-6-2/h23-24H,5-22,25-26H2,1-4H3/b27-23+,28-24+. The number of ether oxygens (including phenoxy) is 2. The van der Waals surface area contributed by atoms with Crippen LogP contribution in [-0.4, -0.2) is 25.2 Å². The highest BCUT2D eigenvalue weighted by atomic mass is 16.5. The highest BCUT2D eigenvalue weighted by Gasteiger charge is 2.07. The van der Waals surface area contributed by atoms with E-state index in [2.05, 4.69) is 13.8 Å². The van der Waals surface area contributed by atoms with Crippen molar-refractivity contribution in [2.24, 2.45) is 0 Å². The van der Waals surface area contributed by atoms with E-state index in [0.29, 0.717) is 24.4 Å². The van der Waals surface area contributed by atoms with Gasteiger partial charge >= 0.3 is 11.9 Å². The molecule has 0 spiro atoms. The van der Waals surface area contributed by atoms with E-state index >= 15 is 0 Å². The van der Waals surface area contributed by atoms with E-state index in [9.17, 15) is 9.59 Å². The maximum absolute atomic E-state index is 12.1. The quantitative estimate of drug-likeness (QED) is 0.0636. The third-order valence-electron chi connectivity index (χ3n) is 6.19. The van der Waals surface area contributed by atoms with Crippen LogP contribution in [0.3, 0.4) is 0 Å². The Balaban J connectivity index is 3.83. The van der Waals surface area contributed by atoms with Gasteiger partial charge < -0.3 is 9.47 Å². The Morgan fingerprint density at radius 3 is 1.03 bits per heavy atom. The molecular formula is C30H54O4. The van der Waals surface area contributed by atoms with Crippen LogP contribution in [0.2, 0.25) is 0 Å². The third kappa shape index (κ3) is 21.0. The molecule has 0 aromatic heterocycles. The number of carbonyl (C=O) groups excluding carboxylic acids is 2. The normalized spacial score (nSPS) is 12.1. The summed E-state index contributed by atoms with van der Waals surface area (Å²) in [6, 6.07) is 0. The summed E-state index contributed by atoms with van der Waals surface area (Å²) in [5.74, 6) is -0.627. The molecule has 0 saturated heterocycles. The van der Waals surface area contributed by atoms with E-state index in [1.54, 1.807) is 26.0 Å². The number of hydrogen-bond acceptors (Lipinski definition) is 4. The monoisotopic (exact) mass is 478 g/mol. The van der Waals surface area contributed by atoms with Gasteiger partial charge in [-0.2, -0.15) is 0 Å². The second-order valence-electron chi connectivity index (χ2n) is 9.63. The molecule has 0 aromatic rings. The van der Waals surface area contributed by atoms with Crippen LogP contribution >= 0.6 is 0 Å². The molecule has 0 fully saturated rings. The largest absolute Gasteiger partial charge is 0.462 e. The lowest BCUT2D eigenvalue weighted by Gasteiger charge is -2.06. The summed E-state index contributed by atoms with van der Waals surface area (Å²) in [5.41, 5.74) is 1.00. The fourth-order valence-electron chi connectivity index (χ4n) is 3.77. The highest BCUT2D eigenvalue weighted by Crippen LogP contribution is 2.11. The van der Waals surface area contributed by atoms with Crippen molar-refractivity contribution >= 4 is 11.9 Å². The second kappa shape index (κ2) is 24.5. The van der Waals surface area contributed by atoms with Gasteiger partial charge in [-0.1, -0.05) is 129 Å². The molecule has 0 bridgehead atoms. The molecule has 0 N–H and O–H groups in total. The number of carbonyl (C=O) groups is 2. The molecular weight excluding hydrogens is 424 g/mol. The van der Waals surface area contributed by atoms with E-state index in [-0.39, 0.29) is 11.9 Å². The first kappa shape index (κ1) is 32.4. The van der Waals surface area contributed by atoms with Crippen LogP contribution in [0.1, 0.15) is 143 Å².